The van der Waals surface area contributed by atoms with Gasteiger partial charge in [0, 0.05) is 11.8 Å². The Bertz CT molecular complexity index is 1290. The Morgan fingerprint density at radius 2 is 1.40 bits per heavy atom. The summed E-state index contributed by atoms with van der Waals surface area (Å²) >= 11 is 0. The maximum absolute atomic E-state index is 9.41. The Kier molecular flexibility index (Phi) is 5.60. The topological polar surface area (TPSA) is 129 Å². The molecular formula is C23H14N6O. The zero-order valence-corrected chi connectivity index (χ0v) is 16.2. The van der Waals surface area contributed by atoms with Crippen molar-refractivity contribution in [2.75, 3.05) is 5.32 Å². The predicted octanol–water partition coefficient (Wildman–Crippen LogP) is 4.72. The molecule has 0 amide bonds. The summed E-state index contributed by atoms with van der Waals surface area (Å²) in [6, 6.07) is 19.4. The predicted molar refractivity (Wildman–Crippen MR) is 109 cm³/mol. The minimum atomic E-state index is 0.220. The van der Waals surface area contributed by atoms with Gasteiger partial charge in [0.2, 0.25) is 5.88 Å². The first-order valence-electron chi connectivity index (χ1n) is 8.80. The maximum atomic E-state index is 9.41. The summed E-state index contributed by atoms with van der Waals surface area (Å²) in [5, 5.41) is 39.8. The Labute approximate surface area is 173 Å². The summed E-state index contributed by atoms with van der Waals surface area (Å²) in [5.41, 5.74) is 3.41. The molecule has 0 bridgehead atoms. The van der Waals surface area contributed by atoms with Gasteiger partial charge in [-0.05, 0) is 61.4 Å². The molecule has 0 aliphatic heterocycles. The van der Waals surface area contributed by atoms with Crippen LogP contribution in [0.2, 0.25) is 0 Å². The molecule has 0 aliphatic rings. The van der Waals surface area contributed by atoms with E-state index in [-0.39, 0.29) is 22.8 Å². The lowest BCUT2D eigenvalue weighted by atomic mass is 10.1. The highest BCUT2D eigenvalue weighted by Crippen LogP contribution is 2.31. The van der Waals surface area contributed by atoms with Crippen LogP contribution in [0, 0.1) is 59.2 Å². The number of nitrogens with one attached hydrogen (secondary N) is 1. The second-order valence-electron chi connectivity index (χ2n) is 6.42. The van der Waals surface area contributed by atoms with Gasteiger partial charge in [-0.2, -0.15) is 26.0 Å². The van der Waals surface area contributed by atoms with Gasteiger partial charge in [0.25, 0.3) is 0 Å². The van der Waals surface area contributed by atoms with E-state index >= 15 is 0 Å². The smallest absolute Gasteiger partial charge is 0.221 e. The first-order valence-corrected chi connectivity index (χ1v) is 8.80. The Morgan fingerprint density at radius 1 is 0.767 bits per heavy atom. The van der Waals surface area contributed by atoms with E-state index < -0.39 is 0 Å². The van der Waals surface area contributed by atoms with E-state index in [0.717, 1.165) is 11.1 Å². The highest BCUT2D eigenvalue weighted by molar-refractivity contribution is 5.66. The molecule has 0 saturated carbocycles. The summed E-state index contributed by atoms with van der Waals surface area (Å²) in [5.74, 6) is 1.11. The summed E-state index contributed by atoms with van der Waals surface area (Å²) < 4.78 is 5.93. The van der Waals surface area contributed by atoms with Crippen LogP contribution in [0.1, 0.15) is 33.4 Å². The lowest BCUT2D eigenvalue weighted by Crippen LogP contribution is -2.01. The van der Waals surface area contributed by atoms with Gasteiger partial charge in [0.05, 0.1) is 28.3 Å². The highest BCUT2D eigenvalue weighted by atomic mass is 16.5. The van der Waals surface area contributed by atoms with Crippen LogP contribution in [0.15, 0.2) is 42.5 Å². The summed E-state index contributed by atoms with van der Waals surface area (Å²) in [6.07, 6.45) is 0. The number of ether oxygens (including phenoxy) is 1. The van der Waals surface area contributed by atoms with Crippen LogP contribution in [0.3, 0.4) is 0 Å². The molecule has 1 N–H and O–H groups in total. The van der Waals surface area contributed by atoms with Gasteiger partial charge in [-0.15, -0.1) is 0 Å². The van der Waals surface area contributed by atoms with Crippen LogP contribution >= 0.6 is 0 Å². The summed E-state index contributed by atoms with van der Waals surface area (Å²) in [6.45, 7) is 3.68. The minimum absolute atomic E-state index is 0.220. The van der Waals surface area contributed by atoms with E-state index in [1.54, 1.807) is 30.3 Å². The summed E-state index contributed by atoms with van der Waals surface area (Å²) in [4.78, 5) is 4.39. The first-order chi connectivity index (χ1) is 14.5. The number of pyridine rings is 1. The van der Waals surface area contributed by atoms with E-state index in [1.807, 2.05) is 26.0 Å². The molecule has 0 fully saturated rings. The number of aromatic nitrogens is 1. The fraction of sp³-hybridized carbons (Fsp3) is 0.0870. The fourth-order valence-electron chi connectivity index (χ4n) is 2.91. The molecule has 0 aliphatic carbocycles. The average Bonchev–Trinajstić information content (AvgIpc) is 2.76. The second kappa shape index (κ2) is 8.44. The van der Waals surface area contributed by atoms with Crippen molar-refractivity contribution in [3.63, 3.8) is 0 Å². The zero-order chi connectivity index (χ0) is 21.7. The first kappa shape index (κ1) is 19.9. The molecule has 3 rings (SSSR count). The van der Waals surface area contributed by atoms with Gasteiger partial charge >= 0.3 is 0 Å². The fourth-order valence-corrected chi connectivity index (χ4v) is 2.91. The van der Waals surface area contributed by atoms with Gasteiger partial charge in [-0.25, -0.2) is 0 Å². The summed E-state index contributed by atoms with van der Waals surface area (Å²) in [7, 11) is 0. The minimum Gasteiger partial charge on any atom is -0.438 e. The van der Waals surface area contributed by atoms with Crippen molar-refractivity contribution >= 4 is 11.5 Å². The number of nitrogens with zero attached hydrogens (tertiary/aromatic N) is 5. The monoisotopic (exact) mass is 390 g/mol. The number of rotatable bonds is 4. The maximum Gasteiger partial charge on any atom is 0.221 e. The van der Waals surface area contributed by atoms with Gasteiger partial charge in [-0.1, -0.05) is 0 Å². The third-order valence-corrected chi connectivity index (χ3v) is 4.31. The van der Waals surface area contributed by atoms with Crippen LogP contribution in [0.4, 0.5) is 11.5 Å². The number of hydrogen-bond acceptors (Lipinski definition) is 7. The van der Waals surface area contributed by atoms with Crippen molar-refractivity contribution in [1.29, 1.82) is 21.0 Å². The number of benzene rings is 2. The van der Waals surface area contributed by atoms with E-state index in [9.17, 15) is 10.5 Å². The van der Waals surface area contributed by atoms with E-state index in [4.69, 9.17) is 15.3 Å². The van der Waals surface area contributed by atoms with Crippen LogP contribution in [-0.4, -0.2) is 4.98 Å². The number of aryl methyl sites for hydroxylation is 2. The molecule has 30 heavy (non-hydrogen) atoms. The molecule has 0 spiro atoms. The normalized spacial score (nSPS) is 9.53. The third kappa shape index (κ3) is 4.02. The van der Waals surface area contributed by atoms with Gasteiger partial charge < -0.3 is 10.1 Å². The van der Waals surface area contributed by atoms with E-state index in [1.165, 1.54) is 12.1 Å². The molecule has 142 valence electrons. The zero-order valence-electron chi connectivity index (χ0n) is 16.2. The Morgan fingerprint density at radius 3 is 2.00 bits per heavy atom. The largest absolute Gasteiger partial charge is 0.438 e. The average molecular weight is 390 g/mol. The molecule has 3 aromatic rings. The highest BCUT2D eigenvalue weighted by Gasteiger charge is 2.12. The third-order valence-electron chi connectivity index (χ3n) is 4.31. The standard InChI is InChI=1S/C23H14N6O/c1-14-7-16(10-24)8-15(2)22(14)30-21-6-4-18(12-26)23(29-21)28-20-5-3-17(11-25)19(9-20)13-27/h3-9H,1-2H3,(H,28,29). The molecule has 7 nitrogen and oxygen atoms in total. The SMILES string of the molecule is Cc1cc(C#N)cc(C)c1Oc1ccc(C#N)c(Nc2ccc(C#N)c(C#N)c2)n1. The van der Waals surface area contributed by atoms with Crippen LogP contribution in [0.5, 0.6) is 11.6 Å². The van der Waals surface area contributed by atoms with Crippen molar-refractivity contribution in [1.82, 2.24) is 4.98 Å². The van der Waals surface area contributed by atoms with Gasteiger partial charge in [-0.3, -0.25) is 0 Å². The lowest BCUT2D eigenvalue weighted by molar-refractivity contribution is 0.456. The molecule has 2 aromatic carbocycles. The molecule has 1 heterocycles. The number of hydrogen-bond donors (Lipinski definition) is 1. The Hall–Kier alpha value is -4.85. The van der Waals surface area contributed by atoms with Crippen molar-refractivity contribution in [2.45, 2.75) is 13.8 Å². The molecule has 0 radical (unpaired) electrons. The van der Waals surface area contributed by atoms with Crippen LogP contribution < -0.4 is 10.1 Å². The van der Waals surface area contributed by atoms with Crippen LogP contribution in [0.25, 0.3) is 0 Å². The molecule has 0 saturated heterocycles. The molecule has 7 heteroatoms. The molecule has 1 aromatic heterocycles. The number of anilines is 2. The molecule has 0 atom stereocenters. The van der Waals surface area contributed by atoms with Crippen molar-refractivity contribution in [3.05, 3.63) is 75.8 Å². The molecular weight excluding hydrogens is 376 g/mol. The van der Waals surface area contributed by atoms with Crippen molar-refractivity contribution < 1.29 is 4.74 Å². The van der Waals surface area contributed by atoms with Gasteiger partial charge in [0.15, 0.2) is 5.82 Å². The quantitative estimate of drug-likeness (QED) is 0.682. The molecule has 0 unspecified atom stereocenters. The number of nitriles is 4. The van der Waals surface area contributed by atoms with Gasteiger partial charge in [0.1, 0.15) is 24.0 Å². The Balaban J connectivity index is 1.96. The second-order valence-corrected chi connectivity index (χ2v) is 6.42. The van der Waals surface area contributed by atoms with E-state index in [2.05, 4.69) is 22.4 Å². The van der Waals surface area contributed by atoms with Crippen LogP contribution in [-0.2, 0) is 0 Å². The van der Waals surface area contributed by atoms with E-state index in [0.29, 0.717) is 22.6 Å². The van der Waals surface area contributed by atoms with Crippen molar-refractivity contribution in [3.8, 4) is 35.9 Å². The lowest BCUT2D eigenvalue weighted by Gasteiger charge is -2.14. The van der Waals surface area contributed by atoms with Crippen molar-refractivity contribution in [2.24, 2.45) is 0 Å².